The average molecular weight is 447 g/mol. The zero-order valence-corrected chi connectivity index (χ0v) is 18.0. The number of hydrogen-bond acceptors (Lipinski definition) is 5. The van der Waals surface area contributed by atoms with E-state index < -0.39 is 12.5 Å². The van der Waals surface area contributed by atoms with Crippen LogP contribution in [0.2, 0.25) is 0 Å². The summed E-state index contributed by atoms with van der Waals surface area (Å²) in [5.74, 6) is -1.47. The number of thiocarbonyl (C=S) groups is 1. The number of thioether (sulfide) groups is 1. The first-order valence-corrected chi connectivity index (χ1v) is 10.7. The molecule has 0 bridgehead atoms. The Morgan fingerprint density at radius 2 is 1.42 bits per heavy atom. The third-order valence-electron chi connectivity index (χ3n) is 4.64. The van der Waals surface area contributed by atoms with Crippen molar-refractivity contribution in [2.24, 2.45) is 0 Å². The predicted molar refractivity (Wildman–Crippen MR) is 129 cm³/mol. The van der Waals surface area contributed by atoms with Gasteiger partial charge in [-0.15, -0.1) is 0 Å². The summed E-state index contributed by atoms with van der Waals surface area (Å²) >= 11 is 6.27. The van der Waals surface area contributed by atoms with Crippen LogP contribution in [-0.4, -0.2) is 32.7 Å². The lowest BCUT2D eigenvalue weighted by atomic mass is 10.1. The summed E-state index contributed by atoms with van der Waals surface area (Å²) in [5, 5.41) is 8.97. The van der Waals surface area contributed by atoms with Gasteiger partial charge in [-0.1, -0.05) is 72.5 Å². The number of carbonyl (C=O) groups is 2. The number of carboxylic acid groups (broad SMARTS) is 1. The van der Waals surface area contributed by atoms with Gasteiger partial charge < -0.3 is 10.0 Å². The first kappa shape index (κ1) is 20.8. The number of rotatable bonds is 6. The number of aliphatic carboxylic acids is 1. The summed E-state index contributed by atoms with van der Waals surface area (Å²) in [6, 6.07) is 28.0. The number of benzene rings is 3. The van der Waals surface area contributed by atoms with E-state index in [1.165, 1.54) is 0 Å². The van der Waals surface area contributed by atoms with Crippen molar-refractivity contribution in [3.63, 3.8) is 0 Å². The Balaban J connectivity index is 1.63. The maximum atomic E-state index is 12.5. The summed E-state index contributed by atoms with van der Waals surface area (Å²) in [7, 11) is 0. The van der Waals surface area contributed by atoms with E-state index in [4.69, 9.17) is 17.3 Å². The quantitative estimate of drug-likeness (QED) is 0.402. The van der Waals surface area contributed by atoms with Crippen molar-refractivity contribution in [3.8, 4) is 0 Å². The molecule has 31 heavy (non-hydrogen) atoms. The molecule has 0 spiro atoms. The molecule has 0 saturated carbocycles. The molecule has 0 atom stereocenters. The minimum absolute atomic E-state index is 0.259. The molecule has 4 rings (SSSR count). The SMILES string of the molecule is O=C(O)CN1C(=O)/C(=C/c2ccc(N(c3ccccc3)c3ccccc3)cc2)SC1=S. The third kappa shape index (κ3) is 4.68. The number of anilines is 3. The third-order valence-corrected chi connectivity index (χ3v) is 6.02. The van der Waals surface area contributed by atoms with Gasteiger partial charge in [0.25, 0.3) is 5.91 Å². The molecule has 0 radical (unpaired) electrons. The van der Waals surface area contributed by atoms with E-state index in [2.05, 4.69) is 29.2 Å². The van der Waals surface area contributed by atoms with Crippen molar-refractivity contribution in [1.29, 1.82) is 0 Å². The van der Waals surface area contributed by atoms with Crippen LogP contribution in [0.3, 0.4) is 0 Å². The van der Waals surface area contributed by atoms with Gasteiger partial charge >= 0.3 is 5.97 Å². The minimum atomic E-state index is -1.09. The van der Waals surface area contributed by atoms with Gasteiger partial charge in [0.1, 0.15) is 10.9 Å². The van der Waals surface area contributed by atoms with E-state index in [0.29, 0.717) is 4.91 Å². The highest BCUT2D eigenvalue weighted by atomic mass is 32.2. The number of carboxylic acids is 1. The zero-order chi connectivity index (χ0) is 21.8. The number of carbonyl (C=O) groups excluding carboxylic acids is 1. The van der Waals surface area contributed by atoms with Crippen molar-refractivity contribution >= 4 is 63.3 Å². The lowest BCUT2D eigenvalue weighted by Crippen LogP contribution is -2.33. The molecule has 1 amide bonds. The molecule has 1 aliphatic heterocycles. The van der Waals surface area contributed by atoms with Crippen molar-refractivity contribution < 1.29 is 14.7 Å². The first-order valence-electron chi connectivity index (χ1n) is 9.50. The number of hydrogen-bond donors (Lipinski definition) is 1. The molecule has 0 aromatic heterocycles. The molecule has 1 N–H and O–H groups in total. The second-order valence-electron chi connectivity index (χ2n) is 6.76. The molecule has 3 aromatic carbocycles. The molecule has 154 valence electrons. The maximum absolute atomic E-state index is 12.5. The van der Waals surface area contributed by atoms with E-state index in [1.54, 1.807) is 6.08 Å². The monoisotopic (exact) mass is 446 g/mol. The Morgan fingerprint density at radius 3 is 1.94 bits per heavy atom. The molecule has 1 saturated heterocycles. The van der Waals surface area contributed by atoms with Gasteiger partial charge in [0.15, 0.2) is 0 Å². The van der Waals surface area contributed by atoms with Gasteiger partial charge in [-0.3, -0.25) is 14.5 Å². The van der Waals surface area contributed by atoms with Crippen LogP contribution in [0.5, 0.6) is 0 Å². The van der Waals surface area contributed by atoms with Crippen LogP contribution in [0, 0.1) is 0 Å². The lowest BCUT2D eigenvalue weighted by Gasteiger charge is -2.25. The van der Waals surface area contributed by atoms with Crippen LogP contribution in [0.15, 0.2) is 89.8 Å². The number of nitrogens with zero attached hydrogens (tertiary/aromatic N) is 2. The van der Waals surface area contributed by atoms with E-state index >= 15 is 0 Å². The van der Waals surface area contributed by atoms with Crippen LogP contribution in [-0.2, 0) is 9.59 Å². The van der Waals surface area contributed by atoms with Crippen LogP contribution in [0.25, 0.3) is 6.08 Å². The normalized spacial score (nSPS) is 14.8. The minimum Gasteiger partial charge on any atom is -0.480 e. The fourth-order valence-corrected chi connectivity index (χ4v) is 4.50. The van der Waals surface area contributed by atoms with Crippen molar-refractivity contribution in [3.05, 3.63) is 95.4 Å². The van der Waals surface area contributed by atoms with Crippen LogP contribution < -0.4 is 4.90 Å². The van der Waals surface area contributed by atoms with Crippen LogP contribution in [0.1, 0.15) is 5.56 Å². The Kier molecular flexibility index (Phi) is 6.16. The van der Waals surface area contributed by atoms with Gasteiger partial charge in [0, 0.05) is 17.1 Å². The Hall–Kier alpha value is -3.42. The average Bonchev–Trinajstić information content (AvgIpc) is 3.03. The zero-order valence-electron chi connectivity index (χ0n) is 16.3. The molecule has 3 aromatic rings. The Morgan fingerprint density at radius 1 is 0.903 bits per heavy atom. The number of para-hydroxylation sites is 2. The largest absolute Gasteiger partial charge is 0.480 e. The van der Waals surface area contributed by atoms with E-state index in [1.807, 2.05) is 60.7 Å². The summed E-state index contributed by atoms with van der Waals surface area (Å²) in [6.07, 6.45) is 1.74. The van der Waals surface area contributed by atoms with Crippen molar-refractivity contribution in [2.45, 2.75) is 0 Å². The van der Waals surface area contributed by atoms with Gasteiger partial charge in [-0.25, -0.2) is 0 Å². The fraction of sp³-hybridized carbons (Fsp3) is 0.0417. The second kappa shape index (κ2) is 9.16. The summed E-state index contributed by atoms with van der Waals surface area (Å²) in [5.41, 5.74) is 3.89. The predicted octanol–water partition coefficient (Wildman–Crippen LogP) is 5.44. The highest BCUT2D eigenvalue weighted by Crippen LogP contribution is 2.35. The van der Waals surface area contributed by atoms with Gasteiger partial charge in [-0.2, -0.15) is 0 Å². The van der Waals surface area contributed by atoms with E-state index in [9.17, 15) is 9.59 Å². The summed E-state index contributed by atoms with van der Waals surface area (Å²) < 4.78 is 0.259. The molecule has 7 heteroatoms. The Bertz CT molecular complexity index is 1110. The molecular weight excluding hydrogens is 428 g/mol. The van der Waals surface area contributed by atoms with Crippen LogP contribution >= 0.6 is 24.0 Å². The highest BCUT2D eigenvalue weighted by molar-refractivity contribution is 8.26. The molecule has 1 heterocycles. The Labute approximate surface area is 189 Å². The maximum Gasteiger partial charge on any atom is 0.323 e. The first-order chi connectivity index (χ1) is 15.0. The summed E-state index contributed by atoms with van der Waals surface area (Å²) in [4.78, 5) is 27.1. The molecule has 0 unspecified atom stereocenters. The molecule has 5 nitrogen and oxygen atoms in total. The standard InChI is InChI=1S/C24H18N2O3S2/c27-22(28)16-25-23(29)21(31-24(25)30)15-17-11-13-20(14-12-17)26(18-7-3-1-4-8-18)19-9-5-2-6-10-19/h1-15H,16H2,(H,27,28)/b21-15-. The van der Waals surface area contributed by atoms with Gasteiger partial charge in [0.2, 0.25) is 0 Å². The topological polar surface area (TPSA) is 60.9 Å². The number of amides is 1. The van der Waals surface area contributed by atoms with Crippen molar-refractivity contribution in [1.82, 2.24) is 4.90 Å². The highest BCUT2D eigenvalue weighted by Gasteiger charge is 2.33. The second-order valence-corrected chi connectivity index (χ2v) is 8.44. The van der Waals surface area contributed by atoms with Gasteiger partial charge in [0.05, 0.1) is 4.91 Å². The molecule has 1 aliphatic rings. The van der Waals surface area contributed by atoms with E-state index in [-0.39, 0.29) is 10.2 Å². The van der Waals surface area contributed by atoms with E-state index in [0.717, 1.165) is 39.3 Å². The van der Waals surface area contributed by atoms with Crippen LogP contribution in [0.4, 0.5) is 17.1 Å². The molecule has 1 fully saturated rings. The molecular formula is C24H18N2O3S2. The lowest BCUT2D eigenvalue weighted by molar-refractivity contribution is -0.140. The van der Waals surface area contributed by atoms with Gasteiger partial charge in [-0.05, 0) is 48.0 Å². The fourth-order valence-electron chi connectivity index (χ4n) is 3.24. The summed E-state index contributed by atoms with van der Waals surface area (Å²) in [6.45, 7) is -0.427. The van der Waals surface area contributed by atoms with Crippen molar-refractivity contribution in [2.75, 3.05) is 11.4 Å². The molecule has 0 aliphatic carbocycles. The smallest absolute Gasteiger partial charge is 0.323 e.